The van der Waals surface area contributed by atoms with E-state index in [1.165, 1.54) is 25.7 Å². The molecule has 3 aromatic carbocycles. The maximum absolute atomic E-state index is 6.73. The quantitative estimate of drug-likeness (QED) is 0.0448. The number of hydrogen-bond donors (Lipinski definition) is 0. The first-order valence-electron chi connectivity index (χ1n) is 19.9. The molecule has 0 aliphatic heterocycles. The Morgan fingerprint density at radius 2 is 0.556 bits per heavy atom. The molecule has 0 saturated carbocycles. The molecule has 0 unspecified atom stereocenters. The summed E-state index contributed by atoms with van der Waals surface area (Å²) in [5.41, 5.74) is 2.46. The molecule has 10 nitrogen and oxygen atoms in total. The monoisotopic (exact) mass is 754 g/mol. The summed E-state index contributed by atoms with van der Waals surface area (Å²) in [5, 5.41) is 0. The van der Waals surface area contributed by atoms with Crippen molar-refractivity contribution in [2.75, 3.05) is 126 Å². The highest BCUT2D eigenvalue weighted by molar-refractivity contribution is 5.47. The predicted molar refractivity (Wildman–Crippen MR) is 211 cm³/mol. The zero-order chi connectivity index (χ0) is 37.9. The highest BCUT2D eigenvalue weighted by atomic mass is 16.6. The normalized spacial score (nSPS) is 11.7. The average molecular weight is 755 g/mol. The van der Waals surface area contributed by atoms with Crippen molar-refractivity contribution in [2.24, 2.45) is 0 Å². The summed E-state index contributed by atoms with van der Waals surface area (Å²) in [6, 6.07) is 31.0. The second-order valence-electron chi connectivity index (χ2n) is 12.6. The van der Waals surface area contributed by atoms with E-state index in [4.69, 9.17) is 47.4 Å². The Kier molecular flexibility index (Phi) is 27.5. The third-order valence-corrected chi connectivity index (χ3v) is 8.46. The van der Waals surface area contributed by atoms with Crippen LogP contribution >= 0.6 is 0 Å². The first-order chi connectivity index (χ1) is 26.9. The molecular weight excluding hydrogens is 688 g/mol. The van der Waals surface area contributed by atoms with Gasteiger partial charge in [-0.2, -0.15) is 0 Å². The van der Waals surface area contributed by atoms with Gasteiger partial charge in [0.2, 0.25) is 0 Å². The van der Waals surface area contributed by atoms with Gasteiger partial charge in [0.05, 0.1) is 119 Å². The number of unbranched alkanes of at least 4 members (excludes halogenated alkanes) is 4. The van der Waals surface area contributed by atoms with Gasteiger partial charge in [0.15, 0.2) is 0 Å². The molecule has 0 bridgehead atoms. The molecule has 0 saturated heterocycles. The summed E-state index contributed by atoms with van der Waals surface area (Å²) < 4.78 is 57.1. The molecule has 10 heteroatoms. The first kappa shape index (κ1) is 45.6. The van der Waals surface area contributed by atoms with Gasteiger partial charge in [-0.05, 0) is 23.1 Å². The van der Waals surface area contributed by atoms with Crippen LogP contribution in [-0.2, 0) is 53.0 Å². The summed E-state index contributed by atoms with van der Waals surface area (Å²) in [6.45, 7) is 12.4. The van der Waals surface area contributed by atoms with Gasteiger partial charge in [0, 0.05) is 6.61 Å². The van der Waals surface area contributed by atoms with Crippen molar-refractivity contribution in [1.29, 1.82) is 0 Å². The van der Waals surface area contributed by atoms with Crippen molar-refractivity contribution in [3.05, 3.63) is 108 Å². The van der Waals surface area contributed by atoms with E-state index in [0.717, 1.165) is 29.7 Å². The Labute approximate surface area is 324 Å². The zero-order valence-electron chi connectivity index (χ0n) is 32.7. The van der Waals surface area contributed by atoms with Crippen molar-refractivity contribution in [3.8, 4) is 0 Å². The van der Waals surface area contributed by atoms with Crippen LogP contribution in [0.4, 0.5) is 0 Å². The van der Waals surface area contributed by atoms with Crippen molar-refractivity contribution in [2.45, 2.75) is 44.6 Å². The fraction of sp³-hybridized carbons (Fsp3) is 0.591. The van der Waals surface area contributed by atoms with Crippen molar-refractivity contribution in [1.82, 2.24) is 0 Å². The summed E-state index contributed by atoms with van der Waals surface area (Å²) in [5.74, 6) is 0. The van der Waals surface area contributed by atoms with Crippen LogP contribution in [0.3, 0.4) is 0 Å². The van der Waals surface area contributed by atoms with E-state index in [-0.39, 0.29) is 0 Å². The molecule has 302 valence electrons. The molecule has 0 spiro atoms. The minimum atomic E-state index is -0.748. The number of ether oxygens (including phenoxy) is 10. The van der Waals surface area contributed by atoms with E-state index in [1.54, 1.807) is 0 Å². The van der Waals surface area contributed by atoms with Gasteiger partial charge >= 0.3 is 0 Å². The molecule has 0 aliphatic carbocycles. The molecule has 0 aromatic heterocycles. The van der Waals surface area contributed by atoms with Crippen LogP contribution in [0.25, 0.3) is 0 Å². The van der Waals surface area contributed by atoms with E-state index in [1.807, 2.05) is 54.6 Å². The van der Waals surface area contributed by atoms with E-state index in [2.05, 4.69) is 43.3 Å². The molecular formula is C44H66O10. The fourth-order valence-electron chi connectivity index (χ4n) is 5.69. The Morgan fingerprint density at radius 3 is 0.852 bits per heavy atom. The van der Waals surface area contributed by atoms with Crippen LogP contribution in [0.1, 0.15) is 55.7 Å². The summed E-state index contributed by atoms with van der Waals surface area (Å²) >= 11 is 0. The van der Waals surface area contributed by atoms with Gasteiger partial charge in [-0.1, -0.05) is 124 Å². The minimum Gasteiger partial charge on any atom is -0.379 e. The smallest absolute Gasteiger partial charge is 0.143 e. The van der Waals surface area contributed by atoms with Gasteiger partial charge in [-0.15, -0.1) is 0 Å². The van der Waals surface area contributed by atoms with E-state index in [0.29, 0.717) is 119 Å². The largest absolute Gasteiger partial charge is 0.379 e. The molecule has 0 aliphatic rings. The lowest BCUT2D eigenvalue weighted by Crippen LogP contribution is -2.34. The van der Waals surface area contributed by atoms with Gasteiger partial charge in [0.1, 0.15) is 5.60 Å². The van der Waals surface area contributed by atoms with Gasteiger partial charge in [0.25, 0.3) is 0 Å². The number of rotatable bonds is 37. The second-order valence-corrected chi connectivity index (χ2v) is 12.6. The van der Waals surface area contributed by atoms with E-state index < -0.39 is 5.60 Å². The third kappa shape index (κ3) is 20.3. The molecule has 0 atom stereocenters. The van der Waals surface area contributed by atoms with Gasteiger partial charge < -0.3 is 47.4 Å². The highest BCUT2D eigenvalue weighted by Gasteiger charge is 2.37. The standard InChI is InChI=1S/C44H66O10/c1-2-3-4-5-15-22-45-23-24-46-25-26-47-27-28-48-29-30-49-31-32-50-33-34-51-35-36-52-37-38-53-39-40-54-44(41-16-9-6-10-17-41,42-18-11-7-12-19-42)43-20-13-8-14-21-43/h6-14,16-21H,2-5,15,22-40H2,1H3. The third-order valence-electron chi connectivity index (χ3n) is 8.46. The van der Waals surface area contributed by atoms with Gasteiger partial charge in [-0.3, -0.25) is 0 Å². The Hall–Kier alpha value is -2.74. The van der Waals surface area contributed by atoms with Crippen molar-refractivity contribution >= 4 is 0 Å². The summed E-state index contributed by atoms with van der Waals surface area (Å²) in [6.07, 6.45) is 6.27. The lowest BCUT2D eigenvalue weighted by molar-refractivity contribution is -0.0399. The topological polar surface area (TPSA) is 92.3 Å². The SMILES string of the molecule is CCCCCCCOCCOCCOCCOCCOCCOCCOCCOCCOCCOC(c1ccccc1)(c1ccccc1)c1ccccc1. The van der Waals surface area contributed by atoms with Gasteiger partial charge in [-0.25, -0.2) is 0 Å². The molecule has 3 aromatic rings. The summed E-state index contributed by atoms with van der Waals surface area (Å²) in [7, 11) is 0. The molecule has 0 radical (unpaired) electrons. The lowest BCUT2D eigenvalue weighted by atomic mass is 9.80. The Bertz CT molecular complexity index is 1120. The number of benzene rings is 3. The van der Waals surface area contributed by atoms with Crippen LogP contribution in [0, 0.1) is 0 Å². The number of hydrogen-bond acceptors (Lipinski definition) is 10. The zero-order valence-corrected chi connectivity index (χ0v) is 32.7. The van der Waals surface area contributed by atoms with Crippen LogP contribution in [0.5, 0.6) is 0 Å². The lowest BCUT2D eigenvalue weighted by Gasteiger charge is -2.36. The van der Waals surface area contributed by atoms with Crippen LogP contribution in [0.15, 0.2) is 91.0 Å². The van der Waals surface area contributed by atoms with Crippen molar-refractivity contribution < 1.29 is 47.4 Å². The predicted octanol–water partition coefficient (Wildman–Crippen LogP) is 7.11. The first-order valence-corrected chi connectivity index (χ1v) is 19.9. The minimum absolute atomic E-state index is 0.420. The molecule has 54 heavy (non-hydrogen) atoms. The van der Waals surface area contributed by atoms with Crippen LogP contribution in [0.2, 0.25) is 0 Å². The van der Waals surface area contributed by atoms with Crippen LogP contribution in [-0.4, -0.2) is 126 Å². The Balaban J connectivity index is 1.06. The highest BCUT2D eigenvalue weighted by Crippen LogP contribution is 2.40. The fourth-order valence-corrected chi connectivity index (χ4v) is 5.69. The maximum Gasteiger partial charge on any atom is 0.143 e. The van der Waals surface area contributed by atoms with E-state index >= 15 is 0 Å². The second kappa shape index (κ2) is 32.5. The van der Waals surface area contributed by atoms with E-state index in [9.17, 15) is 0 Å². The van der Waals surface area contributed by atoms with Crippen molar-refractivity contribution in [3.63, 3.8) is 0 Å². The molecule has 0 amide bonds. The Morgan fingerprint density at radius 1 is 0.296 bits per heavy atom. The molecule has 0 heterocycles. The molecule has 3 rings (SSSR count). The molecule has 0 fully saturated rings. The maximum atomic E-state index is 6.73. The average Bonchev–Trinajstić information content (AvgIpc) is 3.22. The molecule has 0 N–H and O–H groups in total. The van der Waals surface area contributed by atoms with Crippen LogP contribution < -0.4 is 0 Å². The summed E-state index contributed by atoms with van der Waals surface area (Å²) in [4.78, 5) is 0.